The molecule has 0 aliphatic carbocycles. The fraction of sp³-hybridized carbons (Fsp3) is 1.00. The highest BCUT2D eigenvalue weighted by molar-refractivity contribution is 6.73. The molecule has 0 unspecified atom stereocenters. The summed E-state index contributed by atoms with van der Waals surface area (Å²) < 4.78 is 18.1. The van der Waals surface area contributed by atoms with E-state index in [1.165, 1.54) is 0 Å². The van der Waals surface area contributed by atoms with Gasteiger partial charge < -0.3 is 28.7 Å². The molecule has 0 fully saturated rings. The van der Waals surface area contributed by atoms with Gasteiger partial charge in [-0.25, -0.2) is 0 Å². The lowest BCUT2D eigenvalue weighted by Gasteiger charge is -2.30. The van der Waals surface area contributed by atoms with Crippen LogP contribution >= 0.6 is 0 Å². The first-order valence-corrected chi connectivity index (χ1v) is 15.7. The molecule has 0 saturated heterocycles. The van der Waals surface area contributed by atoms with Crippen molar-refractivity contribution in [3.05, 3.63) is 0 Å². The number of nitrogens with one attached hydrogen (secondary N) is 2. The zero-order chi connectivity index (χ0) is 15.1. The van der Waals surface area contributed by atoms with Crippen molar-refractivity contribution in [3.63, 3.8) is 0 Å². The van der Waals surface area contributed by atoms with Crippen LogP contribution < -0.4 is 16.4 Å². The standard InChI is InChI=1S/C10H33N3O3Si4/c1-17-14-20(15-18-2,16-19-3)10-4-6-12-8-9-13-7-5-11/h12-13H,4-11,17-19H2,1-3H3. The first-order chi connectivity index (χ1) is 9.74. The highest BCUT2D eigenvalue weighted by atomic mass is 28.5. The Kier molecular flexibility index (Phi) is 15.0. The Labute approximate surface area is 132 Å². The summed E-state index contributed by atoms with van der Waals surface area (Å²) in [7, 11) is -3.67. The maximum atomic E-state index is 6.02. The Morgan fingerprint density at radius 1 is 0.850 bits per heavy atom. The summed E-state index contributed by atoms with van der Waals surface area (Å²) in [5.74, 6) is 0. The lowest BCUT2D eigenvalue weighted by Crippen LogP contribution is -2.48. The first kappa shape index (κ1) is 20.6. The fourth-order valence-electron chi connectivity index (χ4n) is 1.96. The molecule has 0 aromatic heterocycles. The first-order valence-electron chi connectivity index (χ1n) is 7.78. The summed E-state index contributed by atoms with van der Waals surface area (Å²) in [4.78, 5) is 0. The molecule has 0 atom stereocenters. The van der Waals surface area contributed by atoms with Crippen molar-refractivity contribution in [2.45, 2.75) is 32.1 Å². The monoisotopic (exact) mass is 355 g/mol. The molecule has 0 rings (SSSR count). The lowest BCUT2D eigenvalue weighted by atomic mass is 10.4. The summed E-state index contributed by atoms with van der Waals surface area (Å²) in [5, 5.41) is 6.70. The number of nitrogens with two attached hydrogens (primary N) is 1. The summed E-state index contributed by atoms with van der Waals surface area (Å²) >= 11 is 0. The topological polar surface area (TPSA) is 77.8 Å². The smallest absolute Gasteiger partial charge is 0.423 e. The van der Waals surface area contributed by atoms with Gasteiger partial charge in [0.15, 0.2) is 0 Å². The second kappa shape index (κ2) is 14.6. The molecule has 122 valence electrons. The van der Waals surface area contributed by atoms with Crippen LogP contribution in [0.1, 0.15) is 6.42 Å². The van der Waals surface area contributed by atoms with Gasteiger partial charge in [0.2, 0.25) is 0 Å². The van der Waals surface area contributed by atoms with Gasteiger partial charge in [0.25, 0.3) is 0 Å². The van der Waals surface area contributed by atoms with Gasteiger partial charge in [0.05, 0.1) is 0 Å². The molecule has 6 nitrogen and oxygen atoms in total. The fourth-order valence-corrected chi connectivity index (χ4v) is 12.8. The van der Waals surface area contributed by atoms with Crippen LogP contribution in [0.5, 0.6) is 0 Å². The highest BCUT2D eigenvalue weighted by Crippen LogP contribution is 2.16. The van der Waals surface area contributed by atoms with E-state index in [-0.39, 0.29) is 0 Å². The van der Waals surface area contributed by atoms with Gasteiger partial charge in [0, 0.05) is 32.2 Å². The summed E-state index contributed by atoms with van der Waals surface area (Å²) in [5.41, 5.74) is 5.41. The van der Waals surface area contributed by atoms with E-state index in [0.29, 0.717) is 6.54 Å². The Balaban J connectivity index is 3.82. The van der Waals surface area contributed by atoms with E-state index in [4.69, 9.17) is 18.1 Å². The van der Waals surface area contributed by atoms with Gasteiger partial charge in [-0.3, -0.25) is 0 Å². The normalized spacial score (nSPS) is 16.2. The SMILES string of the molecule is C[SiH2]O[Si](CCCNCCNCCN)(O[SiH2]C)O[SiH2]C. The average Bonchev–Trinajstić information content (AvgIpc) is 2.43. The Morgan fingerprint density at radius 2 is 1.35 bits per heavy atom. The molecule has 0 aromatic carbocycles. The van der Waals surface area contributed by atoms with E-state index in [2.05, 4.69) is 30.3 Å². The van der Waals surface area contributed by atoms with E-state index in [1.54, 1.807) is 0 Å². The van der Waals surface area contributed by atoms with Crippen LogP contribution in [0.4, 0.5) is 0 Å². The number of hydrogen-bond donors (Lipinski definition) is 3. The van der Waals surface area contributed by atoms with Crippen LogP contribution in [0.2, 0.25) is 25.7 Å². The van der Waals surface area contributed by atoms with Crippen LogP contribution in [-0.4, -0.2) is 70.8 Å². The summed E-state index contributed by atoms with van der Waals surface area (Å²) in [6, 6.07) is 0.971. The van der Waals surface area contributed by atoms with Crippen LogP contribution in [0, 0.1) is 0 Å². The quantitative estimate of drug-likeness (QED) is 0.231. The maximum Gasteiger partial charge on any atom is 0.468 e. The minimum atomic E-state index is -2.26. The molecule has 0 bridgehead atoms. The molecular formula is C10H33N3O3Si4. The van der Waals surface area contributed by atoms with Gasteiger partial charge in [-0.2, -0.15) is 0 Å². The van der Waals surface area contributed by atoms with Crippen molar-refractivity contribution in [2.75, 3.05) is 32.7 Å². The lowest BCUT2D eigenvalue weighted by molar-refractivity contribution is 0.280. The van der Waals surface area contributed by atoms with Gasteiger partial charge in [-0.1, -0.05) is 19.6 Å². The van der Waals surface area contributed by atoms with Gasteiger partial charge in [-0.05, 0) is 13.0 Å². The largest absolute Gasteiger partial charge is 0.468 e. The van der Waals surface area contributed by atoms with Crippen molar-refractivity contribution < 1.29 is 12.3 Å². The molecule has 0 aromatic rings. The third-order valence-electron chi connectivity index (χ3n) is 2.73. The number of rotatable bonds is 15. The van der Waals surface area contributed by atoms with E-state index in [9.17, 15) is 0 Å². The van der Waals surface area contributed by atoms with Gasteiger partial charge in [0.1, 0.15) is 29.3 Å². The van der Waals surface area contributed by atoms with Crippen molar-refractivity contribution in [3.8, 4) is 0 Å². The van der Waals surface area contributed by atoms with Crippen LogP contribution in [0.3, 0.4) is 0 Å². The third kappa shape index (κ3) is 10.4. The van der Waals surface area contributed by atoms with Crippen molar-refractivity contribution in [2.24, 2.45) is 5.73 Å². The minimum Gasteiger partial charge on any atom is -0.423 e. The molecule has 4 N–H and O–H groups in total. The molecule has 0 aliphatic heterocycles. The zero-order valence-electron chi connectivity index (χ0n) is 13.4. The molecule has 0 spiro atoms. The van der Waals surface area contributed by atoms with Crippen molar-refractivity contribution >= 4 is 38.1 Å². The molecule has 0 aliphatic rings. The molecular weight excluding hydrogens is 322 g/mol. The van der Waals surface area contributed by atoms with E-state index in [1.807, 2.05) is 0 Å². The second-order valence-electron chi connectivity index (χ2n) is 4.37. The Bertz CT molecular complexity index is 201. The van der Waals surface area contributed by atoms with Crippen molar-refractivity contribution in [1.29, 1.82) is 0 Å². The van der Waals surface area contributed by atoms with Gasteiger partial charge in [-0.15, -0.1) is 0 Å². The van der Waals surface area contributed by atoms with Crippen molar-refractivity contribution in [1.82, 2.24) is 10.6 Å². The van der Waals surface area contributed by atoms with E-state index >= 15 is 0 Å². The van der Waals surface area contributed by atoms with E-state index in [0.717, 1.165) is 38.6 Å². The van der Waals surface area contributed by atoms with Gasteiger partial charge >= 0.3 is 8.80 Å². The highest BCUT2D eigenvalue weighted by Gasteiger charge is 2.37. The molecule has 0 amide bonds. The molecule has 0 heterocycles. The van der Waals surface area contributed by atoms with Crippen LogP contribution in [0.25, 0.3) is 0 Å². The summed E-state index contributed by atoms with van der Waals surface area (Å²) in [6.07, 6.45) is 1.07. The van der Waals surface area contributed by atoms with E-state index < -0.39 is 38.1 Å². The zero-order valence-corrected chi connectivity index (χ0v) is 18.6. The molecule has 20 heavy (non-hydrogen) atoms. The average molecular weight is 356 g/mol. The Morgan fingerprint density at radius 3 is 1.80 bits per heavy atom. The van der Waals surface area contributed by atoms with Crippen LogP contribution in [-0.2, 0) is 12.3 Å². The summed E-state index contributed by atoms with van der Waals surface area (Å²) in [6.45, 7) is 11.0. The molecule has 0 radical (unpaired) electrons. The minimum absolute atomic E-state index is 0.470. The predicted molar refractivity (Wildman–Crippen MR) is 96.5 cm³/mol. The Hall–Kier alpha value is 0.628. The predicted octanol–water partition coefficient (Wildman–Crippen LogP) is -2.10. The third-order valence-corrected chi connectivity index (χ3v) is 12.4. The second-order valence-corrected chi connectivity index (χ2v) is 11.4. The number of hydrogen-bond acceptors (Lipinski definition) is 6. The maximum absolute atomic E-state index is 6.02. The molecule has 10 heteroatoms. The van der Waals surface area contributed by atoms with Crippen LogP contribution in [0.15, 0.2) is 0 Å². The molecule has 0 saturated carbocycles.